The lowest BCUT2D eigenvalue weighted by atomic mass is 10.0. The summed E-state index contributed by atoms with van der Waals surface area (Å²) in [5.41, 5.74) is 5.44. The molecule has 28 heavy (non-hydrogen) atoms. The Labute approximate surface area is 165 Å². The van der Waals surface area contributed by atoms with E-state index in [1.165, 1.54) is 11.1 Å². The normalized spacial score (nSPS) is 13.1. The molecule has 1 amide bonds. The van der Waals surface area contributed by atoms with Gasteiger partial charge in [-0.25, -0.2) is 9.69 Å². The van der Waals surface area contributed by atoms with Gasteiger partial charge in [0, 0.05) is 0 Å². The van der Waals surface area contributed by atoms with Crippen molar-refractivity contribution in [3.8, 4) is 0 Å². The van der Waals surface area contributed by atoms with Gasteiger partial charge in [0.2, 0.25) is 0 Å². The van der Waals surface area contributed by atoms with E-state index in [2.05, 4.69) is 30.3 Å². The largest absolute Gasteiger partial charge is 0.444 e. The molecule has 1 aliphatic carbocycles. The van der Waals surface area contributed by atoms with Crippen molar-refractivity contribution in [2.75, 3.05) is 11.5 Å². The van der Waals surface area contributed by atoms with Crippen molar-refractivity contribution in [2.24, 2.45) is 0 Å². The zero-order chi connectivity index (χ0) is 19.2. The Balaban J connectivity index is 1.50. The lowest BCUT2D eigenvalue weighted by Gasteiger charge is -2.22. The summed E-state index contributed by atoms with van der Waals surface area (Å²) in [6.07, 6.45) is 4.69. The first-order chi connectivity index (χ1) is 13.8. The smallest absolute Gasteiger partial charge is 0.419 e. The maximum Gasteiger partial charge on any atom is 0.419 e. The molecule has 0 bridgehead atoms. The molecule has 0 saturated carbocycles. The van der Waals surface area contributed by atoms with Crippen molar-refractivity contribution in [1.29, 1.82) is 0 Å². The summed E-state index contributed by atoms with van der Waals surface area (Å²) in [6.45, 7) is 0.309. The number of ether oxygens (including phenoxy) is 1. The van der Waals surface area contributed by atoms with Crippen LogP contribution in [0.3, 0.4) is 0 Å². The van der Waals surface area contributed by atoms with Crippen molar-refractivity contribution in [1.82, 2.24) is 0 Å². The fourth-order valence-electron chi connectivity index (χ4n) is 3.57. The molecule has 0 fully saturated rings. The molecule has 3 nitrogen and oxygen atoms in total. The molecule has 3 aromatic rings. The summed E-state index contributed by atoms with van der Waals surface area (Å²) >= 11 is 0. The van der Waals surface area contributed by atoms with Gasteiger partial charge in [0.25, 0.3) is 0 Å². The number of rotatable bonds is 4. The molecule has 3 heteroatoms. The molecule has 0 N–H and O–H groups in total. The van der Waals surface area contributed by atoms with Crippen LogP contribution in [-0.2, 0) is 17.6 Å². The number of carbonyl (C=O) groups excluding carboxylic acids is 1. The van der Waals surface area contributed by atoms with E-state index < -0.39 is 0 Å². The second-order valence-corrected chi connectivity index (χ2v) is 6.91. The Morgan fingerprint density at radius 2 is 1.36 bits per heavy atom. The van der Waals surface area contributed by atoms with E-state index in [0.717, 1.165) is 36.2 Å². The van der Waals surface area contributed by atoms with Crippen LogP contribution < -0.4 is 4.90 Å². The molecule has 0 aliphatic heterocycles. The van der Waals surface area contributed by atoms with Gasteiger partial charge in [0.15, 0.2) is 0 Å². The van der Waals surface area contributed by atoms with Gasteiger partial charge in [-0.15, -0.1) is 0 Å². The molecule has 0 atom stereocenters. The number of carbonyl (C=O) groups is 1. The third-order valence-electron chi connectivity index (χ3n) is 4.97. The highest BCUT2D eigenvalue weighted by Crippen LogP contribution is 2.26. The summed E-state index contributed by atoms with van der Waals surface area (Å²) in [5.74, 6) is 0. The minimum atomic E-state index is -0.365. The zero-order valence-corrected chi connectivity index (χ0v) is 15.8. The number of fused-ring (bicyclic) bond motifs is 1. The minimum Gasteiger partial charge on any atom is -0.444 e. The zero-order valence-electron chi connectivity index (χ0n) is 15.8. The molecule has 0 radical (unpaired) electrons. The highest BCUT2D eigenvalue weighted by molar-refractivity contribution is 5.95. The number of hydrogen-bond acceptors (Lipinski definition) is 2. The maximum absolute atomic E-state index is 13.0. The topological polar surface area (TPSA) is 29.5 Å². The number of para-hydroxylation sites is 2. The molecule has 0 spiro atoms. The molecular formula is C25H23NO2. The number of anilines is 2. The van der Waals surface area contributed by atoms with Gasteiger partial charge in [0.1, 0.15) is 6.61 Å². The average Bonchev–Trinajstić information content (AvgIpc) is 2.96. The van der Waals surface area contributed by atoms with Crippen molar-refractivity contribution in [3.05, 3.63) is 108 Å². The first-order valence-electron chi connectivity index (χ1n) is 9.63. The predicted molar refractivity (Wildman–Crippen MR) is 113 cm³/mol. The van der Waals surface area contributed by atoms with Crippen LogP contribution in [0.5, 0.6) is 0 Å². The summed E-state index contributed by atoms with van der Waals surface area (Å²) < 4.78 is 5.74. The molecule has 1 aliphatic rings. The van der Waals surface area contributed by atoms with Gasteiger partial charge >= 0.3 is 6.09 Å². The second kappa shape index (κ2) is 8.57. The number of allylic oxidation sites excluding steroid dienone is 1. The van der Waals surface area contributed by atoms with E-state index >= 15 is 0 Å². The van der Waals surface area contributed by atoms with E-state index in [9.17, 15) is 4.79 Å². The summed E-state index contributed by atoms with van der Waals surface area (Å²) in [6, 6.07) is 27.7. The van der Waals surface area contributed by atoms with Gasteiger partial charge in [-0.3, -0.25) is 0 Å². The van der Waals surface area contributed by atoms with Gasteiger partial charge in [-0.1, -0.05) is 66.7 Å². The number of benzene rings is 3. The van der Waals surface area contributed by atoms with E-state index in [1.807, 2.05) is 60.7 Å². The molecule has 0 saturated heterocycles. The number of amides is 1. The van der Waals surface area contributed by atoms with Crippen LogP contribution in [0.25, 0.3) is 0 Å². The van der Waals surface area contributed by atoms with Gasteiger partial charge in [0.05, 0.1) is 11.4 Å². The summed E-state index contributed by atoms with van der Waals surface area (Å²) in [7, 11) is 0. The number of hydrogen-bond donors (Lipinski definition) is 0. The van der Waals surface area contributed by atoms with E-state index in [1.54, 1.807) is 4.90 Å². The maximum atomic E-state index is 13.0. The fourth-order valence-corrected chi connectivity index (χ4v) is 3.57. The Morgan fingerprint density at radius 1 is 0.786 bits per heavy atom. The van der Waals surface area contributed by atoms with Crippen molar-refractivity contribution >= 4 is 17.5 Å². The quantitative estimate of drug-likeness (QED) is 0.522. The number of nitrogens with zero attached hydrogens (tertiary/aromatic N) is 1. The highest BCUT2D eigenvalue weighted by atomic mass is 16.6. The summed E-state index contributed by atoms with van der Waals surface area (Å²) in [4.78, 5) is 14.6. The lowest BCUT2D eigenvalue weighted by Crippen LogP contribution is -2.27. The molecule has 0 aromatic heterocycles. The molecule has 0 unspecified atom stereocenters. The first kappa shape index (κ1) is 18.1. The lowest BCUT2D eigenvalue weighted by molar-refractivity contribution is 0.165. The third-order valence-corrected chi connectivity index (χ3v) is 4.97. The molecule has 140 valence electrons. The van der Waals surface area contributed by atoms with Crippen molar-refractivity contribution in [3.63, 3.8) is 0 Å². The Morgan fingerprint density at radius 3 is 2.00 bits per heavy atom. The van der Waals surface area contributed by atoms with Crippen LogP contribution in [-0.4, -0.2) is 12.7 Å². The minimum absolute atomic E-state index is 0.309. The van der Waals surface area contributed by atoms with Gasteiger partial charge < -0.3 is 4.74 Å². The van der Waals surface area contributed by atoms with Crippen LogP contribution in [0, 0.1) is 0 Å². The first-order valence-corrected chi connectivity index (χ1v) is 9.63. The predicted octanol–water partition coefficient (Wildman–Crippen LogP) is 6.08. The molecular weight excluding hydrogens is 346 g/mol. The van der Waals surface area contributed by atoms with E-state index in [4.69, 9.17) is 4.74 Å². The Bertz CT molecular complexity index is 925. The molecule has 4 rings (SSSR count). The van der Waals surface area contributed by atoms with Crippen LogP contribution in [0.4, 0.5) is 16.2 Å². The van der Waals surface area contributed by atoms with Crippen LogP contribution >= 0.6 is 0 Å². The average molecular weight is 369 g/mol. The van der Waals surface area contributed by atoms with Crippen LogP contribution in [0.15, 0.2) is 96.6 Å². The van der Waals surface area contributed by atoms with Crippen molar-refractivity contribution in [2.45, 2.75) is 19.3 Å². The van der Waals surface area contributed by atoms with Crippen LogP contribution in [0.1, 0.15) is 17.5 Å². The standard InChI is InChI=1S/C25H23NO2/c27-25(26(23-14-3-1-4-15-23)24-16-5-2-6-17-24)28-19-20-10-9-13-21-11-7-8-12-22(21)18-20/h1-8,10-12,14-17H,9,13,18-19H2. The number of aryl methyl sites for hydroxylation is 1. The van der Waals surface area contributed by atoms with E-state index in [0.29, 0.717) is 6.61 Å². The second-order valence-electron chi connectivity index (χ2n) is 6.91. The monoisotopic (exact) mass is 369 g/mol. The van der Waals surface area contributed by atoms with Crippen LogP contribution in [0.2, 0.25) is 0 Å². The molecule has 0 heterocycles. The Kier molecular flexibility index (Phi) is 5.53. The van der Waals surface area contributed by atoms with Gasteiger partial charge in [-0.2, -0.15) is 0 Å². The third kappa shape index (κ3) is 4.15. The highest BCUT2D eigenvalue weighted by Gasteiger charge is 2.20. The fraction of sp³-hybridized carbons (Fsp3) is 0.160. The van der Waals surface area contributed by atoms with Gasteiger partial charge in [-0.05, 0) is 60.2 Å². The van der Waals surface area contributed by atoms with E-state index in [-0.39, 0.29) is 6.09 Å². The molecule has 3 aromatic carbocycles. The van der Waals surface area contributed by atoms with Crippen molar-refractivity contribution < 1.29 is 9.53 Å². The SMILES string of the molecule is O=C(OCC1=CCCc2ccccc2C1)N(c1ccccc1)c1ccccc1. The summed E-state index contributed by atoms with van der Waals surface area (Å²) in [5, 5.41) is 0. The Hall–Kier alpha value is -3.33.